The van der Waals surface area contributed by atoms with Gasteiger partial charge in [0.25, 0.3) is 0 Å². The van der Waals surface area contributed by atoms with Crippen LogP contribution in [0.1, 0.15) is 65.2 Å². The van der Waals surface area contributed by atoms with Crippen LogP contribution >= 0.6 is 0 Å². The summed E-state index contributed by atoms with van der Waals surface area (Å²) in [6.07, 6.45) is 9.45. The Labute approximate surface area is 124 Å². The van der Waals surface area contributed by atoms with Crippen LogP contribution in [-0.4, -0.2) is 19.0 Å². The molecule has 0 aromatic heterocycles. The summed E-state index contributed by atoms with van der Waals surface area (Å²) in [7, 11) is 0. The highest BCUT2D eigenvalue weighted by Gasteiger charge is 2.39. The molecule has 1 amide bonds. The van der Waals surface area contributed by atoms with Gasteiger partial charge in [-0.15, -0.1) is 0 Å². The predicted octanol–water partition coefficient (Wildman–Crippen LogP) is 3.08. The largest absolute Gasteiger partial charge is 0.355 e. The van der Waals surface area contributed by atoms with Crippen molar-refractivity contribution in [3.8, 4) is 0 Å². The van der Waals surface area contributed by atoms with Gasteiger partial charge in [-0.25, -0.2) is 0 Å². The van der Waals surface area contributed by atoms with Gasteiger partial charge < -0.3 is 11.1 Å². The number of carbonyl (C=O) groups is 1. The minimum absolute atomic E-state index is 0.227. The molecule has 0 heterocycles. The molecule has 2 aliphatic carbocycles. The average molecular weight is 280 g/mol. The first-order chi connectivity index (χ1) is 9.55. The summed E-state index contributed by atoms with van der Waals surface area (Å²) in [5.41, 5.74) is 5.68. The van der Waals surface area contributed by atoms with Gasteiger partial charge in [-0.05, 0) is 56.3 Å². The summed E-state index contributed by atoms with van der Waals surface area (Å²) in [5, 5.41) is 3.23. The first kappa shape index (κ1) is 15.8. The number of nitrogens with two attached hydrogens (primary N) is 1. The molecule has 2 rings (SSSR count). The van der Waals surface area contributed by atoms with Crippen molar-refractivity contribution in [1.82, 2.24) is 5.32 Å². The van der Waals surface area contributed by atoms with Crippen molar-refractivity contribution in [2.24, 2.45) is 28.9 Å². The summed E-state index contributed by atoms with van der Waals surface area (Å²) in [6.45, 7) is 5.98. The van der Waals surface area contributed by atoms with E-state index >= 15 is 0 Å². The SMILES string of the molecule is CC1CCC(CN)(C(=O)NCC2CCCC(C)C2)CC1. The number of carbonyl (C=O) groups excluding carboxylic acids is 1. The molecule has 0 aromatic rings. The Morgan fingerprint density at radius 1 is 1.15 bits per heavy atom. The van der Waals surface area contributed by atoms with E-state index in [0.29, 0.717) is 12.5 Å². The molecule has 2 aliphatic rings. The van der Waals surface area contributed by atoms with Crippen molar-refractivity contribution < 1.29 is 4.79 Å². The van der Waals surface area contributed by atoms with Gasteiger partial charge >= 0.3 is 0 Å². The van der Waals surface area contributed by atoms with Gasteiger partial charge in [0.2, 0.25) is 5.91 Å². The second kappa shape index (κ2) is 6.93. The zero-order valence-corrected chi connectivity index (χ0v) is 13.3. The second-order valence-electron chi connectivity index (χ2n) is 7.51. The van der Waals surface area contributed by atoms with Crippen LogP contribution in [0.25, 0.3) is 0 Å². The zero-order chi connectivity index (χ0) is 14.6. The molecule has 20 heavy (non-hydrogen) atoms. The van der Waals surface area contributed by atoms with Crippen LogP contribution in [0.15, 0.2) is 0 Å². The number of amides is 1. The quantitative estimate of drug-likeness (QED) is 0.831. The van der Waals surface area contributed by atoms with E-state index in [2.05, 4.69) is 19.2 Å². The molecule has 0 radical (unpaired) electrons. The van der Waals surface area contributed by atoms with Crippen molar-refractivity contribution in [3.05, 3.63) is 0 Å². The Kier molecular flexibility index (Phi) is 5.48. The molecule has 0 saturated heterocycles. The molecule has 2 saturated carbocycles. The maximum atomic E-state index is 12.6. The van der Waals surface area contributed by atoms with E-state index in [1.807, 2.05) is 0 Å². The second-order valence-corrected chi connectivity index (χ2v) is 7.51. The Hall–Kier alpha value is -0.570. The average Bonchev–Trinajstić information content (AvgIpc) is 2.46. The highest BCUT2D eigenvalue weighted by molar-refractivity contribution is 5.83. The van der Waals surface area contributed by atoms with E-state index in [-0.39, 0.29) is 11.3 Å². The molecule has 0 aromatic carbocycles. The van der Waals surface area contributed by atoms with E-state index in [4.69, 9.17) is 5.73 Å². The normalized spacial score (nSPS) is 38.5. The zero-order valence-electron chi connectivity index (χ0n) is 13.3. The molecule has 116 valence electrons. The smallest absolute Gasteiger partial charge is 0.227 e. The lowest BCUT2D eigenvalue weighted by atomic mass is 9.70. The molecule has 2 atom stereocenters. The Bertz CT molecular complexity index is 321. The van der Waals surface area contributed by atoms with E-state index in [0.717, 1.165) is 44.1 Å². The van der Waals surface area contributed by atoms with Gasteiger partial charge in [0, 0.05) is 13.1 Å². The minimum atomic E-state index is -0.271. The van der Waals surface area contributed by atoms with Crippen molar-refractivity contribution in [2.45, 2.75) is 65.2 Å². The number of rotatable bonds is 4. The van der Waals surface area contributed by atoms with Crippen molar-refractivity contribution in [1.29, 1.82) is 0 Å². The Balaban J connectivity index is 1.83. The number of nitrogens with one attached hydrogen (secondary N) is 1. The summed E-state index contributed by atoms with van der Waals surface area (Å²) < 4.78 is 0. The molecular formula is C17H32N2O. The molecule has 0 bridgehead atoms. The Morgan fingerprint density at radius 2 is 1.85 bits per heavy atom. The third-order valence-electron chi connectivity index (χ3n) is 5.70. The molecule has 2 unspecified atom stereocenters. The van der Waals surface area contributed by atoms with Crippen molar-refractivity contribution >= 4 is 5.91 Å². The molecule has 0 aliphatic heterocycles. The van der Waals surface area contributed by atoms with Crippen LogP contribution in [-0.2, 0) is 4.79 Å². The van der Waals surface area contributed by atoms with Gasteiger partial charge in [0.1, 0.15) is 0 Å². The first-order valence-electron chi connectivity index (χ1n) is 8.54. The highest BCUT2D eigenvalue weighted by atomic mass is 16.2. The van der Waals surface area contributed by atoms with Gasteiger partial charge in [0.05, 0.1) is 5.41 Å². The van der Waals surface area contributed by atoms with E-state index in [1.54, 1.807) is 0 Å². The first-order valence-corrected chi connectivity index (χ1v) is 8.54. The molecule has 0 spiro atoms. The fourth-order valence-electron chi connectivity index (χ4n) is 4.01. The fourth-order valence-corrected chi connectivity index (χ4v) is 4.01. The van der Waals surface area contributed by atoms with E-state index in [9.17, 15) is 4.79 Å². The summed E-state index contributed by atoms with van der Waals surface area (Å²) in [5.74, 6) is 2.48. The van der Waals surface area contributed by atoms with Crippen LogP contribution in [0.3, 0.4) is 0 Å². The molecule has 2 fully saturated rings. The van der Waals surface area contributed by atoms with E-state index < -0.39 is 0 Å². The fraction of sp³-hybridized carbons (Fsp3) is 0.941. The van der Waals surface area contributed by atoms with Crippen LogP contribution < -0.4 is 11.1 Å². The third-order valence-corrected chi connectivity index (χ3v) is 5.70. The van der Waals surface area contributed by atoms with Crippen LogP contribution in [0.4, 0.5) is 0 Å². The van der Waals surface area contributed by atoms with Gasteiger partial charge in [0.15, 0.2) is 0 Å². The van der Waals surface area contributed by atoms with Crippen LogP contribution in [0.5, 0.6) is 0 Å². The number of hydrogen-bond acceptors (Lipinski definition) is 2. The molecular weight excluding hydrogens is 248 g/mol. The lowest BCUT2D eigenvalue weighted by Crippen LogP contribution is -2.49. The Morgan fingerprint density at radius 3 is 2.45 bits per heavy atom. The topological polar surface area (TPSA) is 55.1 Å². The van der Waals surface area contributed by atoms with Gasteiger partial charge in [-0.3, -0.25) is 4.79 Å². The monoisotopic (exact) mass is 280 g/mol. The summed E-state index contributed by atoms with van der Waals surface area (Å²) >= 11 is 0. The summed E-state index contributed by atoms with van der Waals surface area (Å²) in [4.78, 5) is 12.6. The maximum Gasteiger partial charge on any atom is 0.227 e. The number of hydrogen-bond donors (Lipinski definition) is 2. The molecule has 3 heteroatoms. The standard InChI is InChI=1S/C17H32N2O/c1-13-6-8-17(12-18,9-7-13)16(20)19-11-15-5-3-4-14(2)10-15/h13-15H,3-12,18H2,1-2H3,(H,19,20). The molecule has 3 nitrogen and oxygen atoms in total. The van der Waals surface area contributed by atoms with Crippen LogP contribution in [0, 0.1) is 23.2 Å². The van der Waals surface area contributed by atoms with Crippen molar-refractivity contribution in [3.63, 3.8) is 0 Å². The predicted molar refractivity (Wildman–Crippen MR) is 83.3 cm³/mol. The van der Waals surface area contributed by atoms with Gasteiger partial charge in [-0.1, -0.05) is 26.7 Å². The maximum absolute atomic E-state index is 12.6. The van der Waals surface area contributed by atoms with Gasteiger partial charge in [-0.2, -0.15) is 0 Å². The van der Waals surface area contributed by atoms with Crippen molar-refractivity contribution in [2.75, 3.05) is 13.1 Å². The highest BCUT2D eigenvalue weighted by Crippen LogP contribution is 2.38. The lowest BCUT2D eigenvalue weighted by Gasteiger charge is -2.37. The lowest BCUT2D eigenvalue weighted by molar-refractivity contribution is -0.133. The summed E-state index contributed by atoms with van der Waals surface area (Å²) in [6, 6.07) is 0. The van der Waals surface area contributed by atoms with Crippen LogP contribution in [0.2, 0.25) is 0 Å². The third kappa shape index (κ3) is 3.75. The molecule has 3 N–H and O–H groups in total. The van der Waals surface area contributed by atoms with E-state index in [1.165, 1.54) is 25.7 Å². The minimum Gasteiger partial charge on any atom is -0.355 e.